The largest absolute Gasteiger partial charge is 0.331 e. The molecule has 2 N–H and O–H groups in total. The second-order valence-electron chi connectivity index (χ2n) is 3.12. The number of carbonyl (C=O) groups excluding carboxylic acids is 1. The van der Waals surface area contributed by atoms with Crippen LogP contribution in [0.1, 0.15) is 10.4 Å². The zero-order valence-electron chi connectivity index (χ0n) is 8.73. The Morgan fingerprint density at radius 2 is 2.12 bits per heavy atom. The number of hydrogen-bond donors (Lipinski definition) is 2. The van der Waals surface area contributed by atoms with Gasteiger partial charge in [-0.15, -0.1) is 11.8 Å². The Bertz CT molecular complexity index is 464. The summed E-state index contributed by atoms with van der Waals surface area (Å²) in [5.74, 6) is 0.293. The van der Waals surface area contributed by atoms with Crippen LogP contribution in [-0.4, -0.2) is 22.1 Å². The number of amides is 1. The van der Waals surface area contributed by atoms with E-state index in [9.17, 15) is 4.79 Å². The number of imidazole rings is 1. The minimum absolute atomic E-state index is 0.164. The molecule has 0 aliphatic heterocycles. The first-order valence-electron chi connectivity index (χ1n) is 4.74. The molecule has 5 heteroatoms. The van der Waals surface area contributed by atoms with Gasteiger partial charge in [0.15, 0.2) is 0 Å². The number of rotatable bonds is 3. The van der Waals surface area contributed by atoms with Crippen molar-refractivity contribution in [1.82, 2.24) is 9.97 Å². The Kier molecular flexibility index (Phi) is 3.26. The van der Waals surface area contributed by atoms with Crippen molar-refractivity contribution in [2.45, 2.75) is 4.90 Å². The van der Waals surface area contributed by atoms with Gasteiger partial charge in [0.2, 0.25) is 5.95 Å². The van der Waals surface area contributed by atoms with Crippen LogP contribution in [0.15, 0.2) is 41.6 Å². The molecular formula is C11H11N3OS. The van der Waals surface area contributed by atoms with E-state index >= 15 is 0 Å². The summed E-state index contributed by atoms with van der Waals surface area (Å²) in [6.45, 7) is 0. The van der Waals surface area contributed by atoms with Crippen LogP contribution in [0.5, 0.6) is 0 Å². The topological polar surface area (TPSA) is 57.8 Å². The predicted molar refractivity (Wildman–Crippen MR) is 64.8 cm³/mol. The van der Waals surface area contributed by atoms with Gasteiger partial charge in [0, 0.05) is 22.9 Å². The summed E-state index contributed by atoms with van der Waals surface area (Å²) >= 11 is 1.64. The average molecular weight is 233 g/mol. The van der Waals surface area contributed by atoms with E-state index in [1.54, 1.807) is 36.3 Å². The Balaban J connectivity index is 2.09. The van der Waals surface area contributed by atoms with Gasteiger partial charge in [0.1, 0.15) is 0 Å². The van der Waals surface area contributed by atoms with Crippen LogP contribution in [0.3, 0.4) is 0 Å². The highest BCUT2D eigenvalue weighted by Crippen LogP contribution is 2.15. The van der Waals surface area contributed by atoms with Crippen molar-refractivity contribution in [2.75, 3.05) is 11.6 Å². The van der Waals surface area contributed by atoms with E-state index in [-0.39, 0.29) is 5.91 Å². The first-order valence-corrected chi connectivity index (χ1v) is 5.97. The van der Waals surface area contributed by atoms with E-state index < -0.39 is 0 Å². The molecule has 0 radical (unpaired) electrons. The number of benzene rings is 1. The van der Waals surface area contributed by atoms with E-state index in [1.165, 1.54) is 0 Å². The molecule has 4 nitrogen and oxygen atoms in total. The molecule has 0 unspecified atom stereocenters. The molecule has 0 bridgehead atoms. The fraction of sp³-hybridized carbons (Fsp3) is 0.0909. The standard InChI is InChI=1S/C11H11N3OS/c1-16-9-4-2-8(3-5-9)10(15)14-11-12-6-7-13-11/h2-7H,1H3,(H2,12,13,14,15). The molecular weight excluding hydrogens is 222 g/mol. The van der Waals surface area contributed by atoms with Crippen molar-refractivity contribution in [3.05, 3.63) is 42.2 Å². The predicted octanol–water partition coefficient (Wildman–Crippen LogP) is 2.38. The number of carbonyl (C=O) groups is 1. The van der Waals surface area contributed by atoms with Gasteiger partial charge in [-0.2, -0.15) is 0 Å². The van der Waals surface area contributed by atoms with Crippen molar-refractivity contribution < 1.29 is 4.79 Å². The summed E-state index contributed by atoms with van der Waals surface area (Å²) in [7, 11) is 0. The quantitative estimate of drug-likeness (QED) is 0.800. The summed E-state index contributed by atoms with van der Waals surface area (Å²) < 4.78 is 0. The molecule has 0 atom stereocenters. The second-order valence-corrected chi connectivity index (χ2v) is 4.00. The molecule has 0 saturated carbocycles. The van der Waals surface area contributed by atoms with Crippen molar-refractivity contribution in [3.8, 4) is 0 Å². The highest BCUT2D eigenvalue weighted by Gasteiger charge is 2.06. The van der Waals surface area contributed by atoms with Gasteiger partial charge in [-0.05, 0) is 30.5 Å². The highest BCUT2D eigenvalue weighted by atomic mass is 32.2. The maximum Gasteiger partial charge on any atom is 0.257 e. The fourth-order valence-electron chi connectivity index (χ4n) is 1.26. The maximum absolute atomic E-state index is 11.7. The SMILES string of the molecule is CSc1ccc(C(=O)Nc2ncc[nH]2)cc1. The normalized spacial score (nSPS) is 10.1. The molecule has 82 valence electrons. The fourth-order valence-corrected chi connectivity index (χ4v) is 1.66. The van der Waals surface area contributed by atoms with E-state index in [2.05, 4.69) is 15.3 Å². The highest BCUT2D eigenvalue weighted by molar-refractivity contribution is 7.98. The molecule has 0 aliphatic carbocycles. The van der Waals surface area contributed by atoms with Crippen molar-refractivity contribution in [2.24, 2.45) is 0 Å². The van der Waals surface area contributed by atoms with Crippen LogP contribution in [0, 0.1) is 0 Å². The maximum atomic E-state index is 11.7. The van der Waals surface area contributed by atoms with Gasteiger partial charge < -0.3 is 4.98 Å². The molecule has 16 heavy (non-hydrogen) atoms. The number of aromatic nitrogens is 2. The number of thioether (sulfide) groups is 1. The minimum Gasteiger partial charge on any atom is -0.331 e. The molecule has 2 rings (SSSR count). The molecule has 1 aromatic carbocycles. The zero-order chi connectivity index (χ0) is 11.4. The number of nitrogens with zero attached hydrogens (tertiary/aromatic N) is 1. The van der Waals surface area contributed by atoms with Crippen LogP contribution < -0.4 is 5.32 Å². The Hall–Kier alpha value is -1.75. The van der Waals surface area contributed by atoms with Crippen LogP contribution in [0.2, 0.25) is 0 Å². The molecule has 1 heterocycles. The number of anilines is 1. The van der Waals surface area contributed by atoms with E-state index in [0.717, 1.165) is 4.90 Å². The lowest BCUT2D eigenvalue weighted by molar-refractivity contribution is 0.102. The minimum atomic E-state index is -0.164. The lowest BCUT2D eigenvalue weighted by Gasteiger charge is -2.02. The van der Waals surface area contributed by atoms with Gasteiger partial charge in [-0.25, -0.2) is 4.98 Å². The number of nitrogens with one attached hydrogen (secondary N) is 2. The zero-order valence-corrected chi connectivity index (χ0v) is 9.54. The lowest BCUT2D eigenvalue weighted by Crippen LogP contribution is -2.12. The van der Waals surface area contributed by atoms with E-state index in [1.807, 2.05) is 18.4 Å². The third-order valence-electron chi connectivity index (χ3n) is 2.08. The number of aromatic amines is 1. The molecule has 0 aliphatic rings. The monoisotopic (exact) mass is 233 g/mol. The van der Waals surface area contributed by atoms with Crippen molar-refractivity contribution in [3.63, 3.8) is 0 Å². The molecule has 1 aromatic heterocycles. The number of H-pyrrole nitrogens is 1. The molecule has 0 saturated heterocycles. The third kappa shape index (κ3) is 2.43. The van der Waals surface area contributed by atoms with Crippen LogP contribution in [-0.2, 0) is 0 Å². The molecule has 2 aromatic rings. The van der Waals surface area contributed by atoms with Gasteiger partial charge in [-0.3, -0.25) is 10.1 Å². The van der Waals surface area contributed by atoms with Crippen LogP contribution >= 0.6 is 11.8 Å². The summed E-state index contributed by atoms with van der Waals surface area (Å²) in [4.78, 5) is 19.6. The summed E-state index contributed by atoms with van der Waals surface area (Å²) in [5, 5.41) is 2.66. The Labute approximate surface area is 97.5 Å². The first kappa shape index (κ1) is 10.8. The third-order valence-corrected chi connectivity index (χ3v) is 2.83. The van der Waals surface area contributed by atoms with Crippen molar-refractivity contribution >= 4 is 23.6 Å². The summed E-state index contributed by atoms with van der Waals surface area (Å²) in [5.41, 5.74) is 0.620. The van der Waals surface area contributed by atoms with Gasteiger partial charge >= 0.3 is 0 Å². The van der Waals surface area contributed by atoms with E-state index in [4.69, 9.17) is 0 Å². The Morgan fingerprint density at radius 1 is 1.38 bits per heavy atom. The summed E-state index contributed by atoms with van der Waals surface area (Å²) in [6.07, 6.45) is 5.25. The molecule has 0 spiro atoms. The molecule has 0 fully saturated rings. The van der Waals surface area contributed by atoms with Crippen molar-refractivity contribution in [1.29, 1.82) is 0 Å². The average Bonchev–Trinajstić information content (AvgIpc) is 2.82. The molecule has 1 amide bonds. The van der Waals surface area contributed by atoms with Gasteiger partial charge in [-0.1, -0.05) is 0 Å². The van der Waals surface area contributed by atoms with Crippen LogP contribution in [0.25, 0.3) is 0 Å². The summed E-state index contributed by atoms with van der Waals surface area (Å²) in [6, 6.07) is 7.43. The Morgan fingerprint density at radius 3 is 2.69 bits per heavy atom. The van der Waals surface area contributed by atoms with Gasteiger partial charge in [0.05, 0.1) is 0 Å². The lowest BCUT2D eigenvalue weighted by atomic mass is 10.2. The van der Waals surface area contributed by atoms with E-state index in [0.29, 0.717) is 11.5 Å². The van der Waals surface area contributed by atoms with Crippen LogP contribution in [0.4, 0.5) is 5.95 Å². The smallest absolute Gasteiger partial charge is 0.257 e. The first-order chi connectivity index (χ1) is 7.79. The second kappa shape index (κ2) is 4.85. The number of hydrogen-bond acceptors (Lipinski definition) is 3. The van der Waals surface area contributed by atoms with Gasteiger partial charge in [0.25, 0.3) is 5.91 Å².